The van der Waals surface area contributed by atoms with E-state index in [1.807, 2.05) is 13.8 Å². The van der Waals surface area contributed by atoms with Crippen molar-refractivity contribution in [2.45, 2.75) is 125 Å². The van der Waals surface area contributed by atoms with Gasteiger partial charge in [0.1, 0.15) is 0 Å². The fourth-order valence-corrected chi connectivity index (χ4v) is 96.4. The number of Topliss-reactive ketones (excluding diaryl/α,β-unsaturated/α-hetero) is 2. The summed E-state index contributed by atoms with van der Waals surface area (Å²) in [6, 6.07) is 0. The predicted molar refractivity (Wildman–Crippen MR) is 125 cm³/mol. The molecule has 1 spiro atoms. The average Bonchev–Trinajstić information content (AvgIpc) is 3.77. The maximum absolute atomic E-state index is 14.0. The first-order valence-electron chi connectivity index (χ1n) is 14.3. The van der Waals surface area contributed by atoms with Crippen molar-refractivity contribution in [1.82, 2.24) is 0 Å². The third-order valence-corrected chi connectivity index (χ3v) is 61.6. The molecule has 0 amide bonds. The Kier molecular flexibility index (Phi) is 1.68. The van der Waals surface area contributed by atoms with Gasteiger partial charge < -0.3 is 0 Å². The summed E-state index contributed by atoms with van der Waals surface area (Å²) in [7, 11) is 0. The van der Waals surface area contributed by atoms with Gasteiger partial charge in [-0.2, -0.15) is 0 Å². The number of carbonyl (C=O) groups excluding carboxylic acids is 4. The third kappa shape index (κ3) is 0.465. The van der Waals surface area contributed by atoms with Crippen LogP contribution in [0.5, 0.6) is 0 Å². The Balaban J connectivity index is 0.845. The Morgan fingerprint density at radius 3 is 1.23 bits per heavy atom. The Labute approximate surface area is 196 Å². The molecule has 0 saturated carbocycles. The first-order chi connectivity index (χ1) is 16.7. The first-order valence-corrected chi connectivity index (χ1v) is 20.5. The van der Waals surface area contributed by atoms with Crippen LogP contribution in [0.1, 0.15) is 78.1 Å². The number of unbranched alkanes of at least 4 members (excludes halogenated alkanes) is 4. The fraction of sp³-hybridized carbons (Fsp3) is 0.857. The predicted octanol–water partition coefficient (Wildman–Crippen LogP) is 6.28. The molecule has 0 aliphatic carbocycles. The molecule has 0 aromatic carbocycles. The van der Waals surface area contributed by atoms with Gasteiger partial charge in [-0.25, -0.2) is 0 Å². The van der Waals surface area contributed by atoms with Crippen molar-refractivity contribution in [2.75, 3.05) is 13.2 Å². The zero-order valence-electron chi connectivity index (χ0n) is 20.9. The van der Waals surface area contributed by atoms with Crippen LogP contribution in [-0.4, -0.2) is 36.7 Å². The van der Waals surface area contributed by atoms with Crippen molar-refractivity contribution in [3.05, 3.63) is 0 Å². The van der Waals surface area contributed by atoms with Gasteiger partial charge in [0.25, 0.3) is 0 Å². The van der Waals surface area contributed by atoms with Crippen LogP contribution in [0.25, 0.3) is 0 Å². The van der Waals surface area contributed by atoms with Crippen LogP contribution in [0.15, 0.2) is 0 Å². The molecule has 8 atom stereocenters. The van der Waals surface area contributed by atoms with E-state index >= 15 is 0 Å². The minimum absolute atomic E-state index is 0.106. The summed E-state index contributed by atoms with van der Waals surface area (Å²) in [4.78, 5) is 57.9. The van der Waals surface area contributed by atoms with E-state index in [0.717, 1.165) is 77.1 Å². The van der Waals surface area contributed by atoms with E-state index < -0.39 is 6.51 Å². The molecule has 10 heterocycles. The van der Waals surface area contributed by atoms with E-state index in [0.29, 0.717) is 50.5 Å². The van der Waals surface area contributed by atoms with Crippen LogP contribution in [0, 0.1) is 0 Å². The molecule has 10 aliphatic heterocycles. The van der Waals surface area contributed by atoms with E-state index in [4.69, 9.17) is 9.47 Å². The van der Waals surface area contributed by atoms with E-state index in [-0.39, 0.29) is 20.6 Å². The van der Waals surface area contributed by atoms with Gasteiger partial charge in [-0.3, -0.25) is 0 Å². The van der Waals surface area contributed by atoms with Gasteiger partial charge >= 0.3 is 197 Å². The third-order valence-electron chi connectivity index (χ3n) is 18.8. The summed E-state index contributed by atoms with van der Waals surface area (Å²) in [6.07, 6.45) is 7.55. The van der Waals surface area contributed by atoms with Gasteiger partial charge in [0.05, 0.1) is 0 Å². The number of carbonyl (C=O) groups is 4. The standard InChI is InChI=1S/2C14H19O3.Fe/c2*1-2-17-14(16)11-5-3-4-10-13(15)12-8-6-7-9-12;/h2*6-9H,2-5,10-11H2,1H3;. The summed E-state index contributed by atoms with van der Waals surface area (Å²) in [5.74, 6) is 0.941. The van der Waals surface area contributed by atoms with Crippen LogP contribution in [0.2, 0.25) is 47.2 Å². The molecule has 194 valence electrons. The molecule has 35 heavy (non-hydrogen) atoms. The number of fused-ring (bicyclic) bond motifs is 10. The normalized spacial score (nSPS) is 65.5. The van der Waals surface area contributed by atoms with Crippen LogP contribution in [0.4, 0.5) is 0 Å². The number of hydrogen-bond donors (Lipinski definition) is 0. The van der Waals surface area contributed by atoms with Crippen molar-refractivity contribution in [3.63, 3.8) is 0 Å². The molecule has 10 fully saturated rings. The van der Waals surface area contributed by atoms with Crippen molar-refractivity contribution in [3.8, 4) is 0 Å². The van der Waals surface area contributed by atoms with Crippen molar-refractivity contribution in [1.29, 1.82) is 0 Å². The minimum atomic E-state index is -4.06. The molecule has 10 aliphatic rings. The van der Waals surface area contributed by atoms with Gasteiger partial charge in [-0.15, -0.1) is 0 Å². The van der Waals surface area contributed by atoms with Crippen LogP contribution in [-0.2, 0) is 35.2 Å². The number of hydrogen-bond acceptors (Lipinski definition) is 6. The Bertz CT molecular complexity index is 1410. The van der Waals surface area contributed by atoms with E-state index in [1.54, 1.807) is 0 Å². The fourth-order valence-electron chi connectivity index (χ4n) is 20.4. The van der Waals surface area contributed by atoms with E-state index in [1.165, 1.54) is 0 Å². The van der Waals surface area contributed by atoms with Gasteiger partial charge in [0.2, 0.25) is 0 Å². The molecular weight excluding hydrogens is 488 g/mol. The van der Waals surface area contributed by atoms with Crippen molar-refractivity contribution in [2.24, 2.45) is 0 Å². The second kappa shape index (κ2) is 2.96. The molecule has 0 bridgehead atoms. The van der Waals surface area contributed by atoms with Gasteiger partial charge in [-0.1, -0.05) is 0 Å². The summed E-state index contributed by atoms with van der Waals surface area (Å²) < 4.78 is 10.2. The average molecular weight is 526 g/mol. The molecule has 7 heteroatoms. The molecule has 0 radical (unpaired) electrons. The summed E-state index contributed by atoms with van der Waals surface area (Å²) in [5, 5.41) is 0. The summed E-state index contributed by atoms with van der Waals surface area (Å²) in [6.45, 7) is 0.463. The molecule has 10 saturated heterocycles. The van der Waals surface area contributed by atoms with Crippen LogP contribution in [0.3, 0.4) is 0 Å². The Morgan fingerprint density at radius 1 is 0.571 bits per heavy atom. The zero-order chi connectivity index (χ0) is 24.1. The van der Waals surface area contributed by atoms with E-state index in [2.05, 4.69) is 0 Å². The Hall–Kier alpha value is -1.20. The number of ether oxygens (including phenoxy) is 2. The quantitative estimate of drug-likeness (QED) is 0.134. The second-order valence-corrected chi connectivity index (χ2v) is 38.6. The molecule has 10 rings (SSSR count). The zero-order valence-corrected chi connectivity index (χ0v) is 22.0. The van der Waals surface area contributed by atoms with Gasteiger partial charge in [0.15, 0.2) is 0 Å². The van der Waals surface area contributed by atoms with Crippen molar-refractivity contribution < 1.29 is 35.2 Å². The van der Waals surface area contributed by atoms with Gasteiger partial charge in [0, 0.05) is 0 Å². The maximum atomic E-state index is 14.0. The Morgan fingerprint density at radius 2 is 0.914 bits per heavy atom. The molecule has 0 N–H and O–H groups in total. The monoisotopic (exact) mass is 526 g/mol. The molecule has 8 unspecified atom stereocenters. The van der Waals surface area contributed by atoms with Crippen LogP contribution < -0.4 is 0 Å². The topological polar surface area (TPSA) is 86.7 Å². The number of esters is 2. The summed E-state index contributed by atoms with van der Waals surface area (Å²) in [5.41, 5.74) is 0. The van der Waals surface area contributed by atoms with Gasteiger partial charge in [-0.05, 0) is 0 Å². The van der Waals surface area contributed by atoms with Crippen molar-refractivity contribution >= 4 is 23.5 Å². The molecular formula is C28H38FeO6. The van der Waals surface area contributed by atoms with Crippen LogP contribution >= 0.6 is 0 Å². The molecule has 0 aromatic heterocycles. The second-order valence-electron chi connectivity index (χ2n) is 15.4. The number of ketones is 2. The number of rotatable bonds is 16. The van der Waals surface area contributed by atoms with E-state index in [9.17, 15) is 19.2 Å². The molecule has 0 aromatic rings. The first kappa shape index (κ1) is 19.9. The SMILES string of the molecule is CCOC(=O)CCCCCC(=O)[C]12[CH]3[CH]4[CH]5[CH]1[Fe]45321678[CH]2[CH]1[CH]6[C]7(C(=O)CCCCCC(=O)OCC)[CH]28. The molecule has 6 nitrogen and oxygen atoms in total. The summed E-state index contributed by atoms with van der Waals surface area (Å²) >= 11 is 0.